The number of imidazole rings is 1. The Morgan fingerprint density at radius 2 is 1.96 bits per heavy atom. The summed E-state index contributed by atoms with van der Waals surface area (Å²) in [5.41, 5.74) is 3.28. The van der Waals surface area contributed by atoms with Gasteiger partial charge in [0.1, 0.15) is 22.9 Å². The highest BCUT2D eigenvalue weighted by Crippen LogP contribution is 2.29. The van der Waals surface area contributed by atoms with Crippen molar-refractivity contribution in [3.05, 3.63) is 65.2 Å². The number of nitrogens with zero attached hydrogens (tertiary/aromatic N) is 4. The van der Waals surface area contributed by atoms with Gasteiger partial charge in [0.05, 0.1) is 12.1 Å². The standard InChI is InChI=1S/C20H16F2N6/c21-12-7-8-14-18(17(12)22)27-16(25-14)10-24-19-11-4-3-6-13(11)26-20(28-19)15-5-1-2-9-23-15/h1-2,5,7-9H,3-4,6,10H2,(H,25,27)(H,24,26,28). The highest BCUT2D eigenvalue weighted by molar-refractivity contribution is 5.75. The Hall–Kier alpha value is -3.42. The number of rotatable bonds is 4. The molecule has 0 unspecified atom stereocenters. The van der Waals surface area contributed by atoms with Gasteiger partial charge in [0.25, 0.3) is 0 Å². The van der Waals surface area contributed by atoms with E-state index in [0.29, 0.717) is 29.4 Å². The predicted octanol–water partition coefficient (Wildman–Crippen LogP) is 3.79. The van der Waals surface area contributed by atoms with Crippen LogP contribution in [0.4, 0.5) is 14.6 Å². The van der Waals surface area contributed by atoms with E-state index in [0.717, 1.165) is 42.4 Å². The van der Waals surface area contributed by atoms with Crippen molar-refractivity contribution in [2.75, 3.05) is 5.32 Å². The number of pyridine rings is 1. The van der Waals surface area contributed by atoms with Gasteiger partial charge in [-0.05, 0) is 43.5 Å². The molecule has 3 heterocycles. The van der Waals surface area contributed by atoms with Crippen LogP contribution in [0.3, 0.4) is 0 Å². The van der Waals surface area contributed by atoms with Gasteiger partial charge in [-0.15, -0.1) is 0 Å². The van der Waals surface area contributed by atoms with Crippen LogP contribution in [0.2, 0.25) is 0 Å². The number of anilines is 1. The smallest absolute Gasteiger partial charge is 0.186 e. The third-order valence-electron chi connectivity index (χ3n) is 4.85. The molecule has 0 saturated carbocycles. The molecule has 1 aromatic carbocycles. The number of H-pyrrole nitrogens is 1. The number of hydrogen-bond donors (Lipinski definition) is 2. The van der Waals surface area contributed by atoms with E-state index in [1.165, 1.54) is 6.07 Å². The van der Waals surface area contributed by atoms with Crippen LogP contribution in [0.25, 0.3) is 22.6 Å². The summed E-state index contributed by atoms with van der Waals surface area (Å²) >= 11 is 0. The largest absolute Gasteiger partial charge is 0.362 e. The molecule has 0 fully saturated rings. The lowest BCUT2D eigenvalue weighted by atomic mass is 10.2. The van der Waals surface area contributed by atoms with Crippen molar-refractivity contribution in [2.45, 2.75) is 25.8 Å². The second-order valence-corrected chi connectivity index (χ2v) is 6.68. The van der Waals surface area contributed by atoms with Gasteiger partial charge in [-0.2, -0.15) is 0 Å². The number of aryl methyl sites for hydroxylation is 1. The second kappa shape index (κ2) is 6.63. The normalized spacial score (nSPS) is 13.1. The summed E-state index contributed by atoms with van der Waals surface area (Å²) in [6.07, 6.45) is 4.54. The van der Waals surface area contributed by atoms with Gasteiger partial charge in [-0.1, -0.05) is 6.07 Å². The Morgan fingerprint density at radius 1 is 1.04 bits per heavy atom. The number of nitrogens with one attached hydrogen (secondary N) is 2. The van der Waals surface area contributed by atoms with Gasteiger partial charge in [-0.25, -0.2) is 23.7 Å². The first-order valence-corrected chi connectivity index (χ1v) is 9.06. The summed E-state index contributed by atoms with van der Waals surface area (Å²) < 4.78 is 27.3. The molecule has 0 radical (unpaired) electrons. The van der Waals surface area contributed by atoms with E-state index in [9.17, 15) is 8.78 Å². The zero-order valence-corrected chi connectivity index (χ0v) is 14.8. The van der Waals surface area contributed by atoms with Crippen LogP contribution in [0, 0.1) is 11.6 Å². The van der Waals surface area contributed by atoms with Crippen LogP contribution in [-0.4, -0.2) is 24.9 Å². The van der Waals surface area contributed by atoms with Gasteiger partial charge < -0.3 is 10.3 Å². The second-order valence-electron chi connectivity index (χ2n) is 6.68. The molecule has 0 spiro atoms. The first-order chi connectivity index (χ1) is 13.7. The molecule has 4 aromatic rings. The Labute approximate surface area is 159 Å². The third kappa shape index (κ3) is 2.87. The maximum absolute atomic E-state index is 13.9. The summed E-state index contributed by atoms with van der Waals surface area (Å²) in [4.78, 5) is 20.8. The first kappa shape index (κ1) is 16.7. The van der Waals surface area contributed by atoms with Crippen LogP contribution in [0.1, 0.15) is 23.5 Å². The molecule has 3 aromatic heterocycles. The minimum absolute atomic E-state index is 0.00103. The molecule has 0 saturated heterocycles. The molecule has 8 heteroatoms. The number of aromatic amines is 1. The summed E-state index contributed by atoms with van der Waals surface area (Å²) in [6, 6.07) is 8.18. The zero-order chi connectivity index (χ0) is 19.1. The minimum Gasteiger partial charge on any atom is -0.362 e. The Bertz CT molecular complexity index is 1170. The van der Waals surface area contributed by atoms with Crippen LogP contribution in [0.5, 0.6) is 0 Å². The van der Waals surface area contributed by atoms with E-state index in [2.05, 4.69) is 30.2 Å². The molecular weight excluding hydrogens is 362 g/mol. The summed E-state index contributed by atoms with van der Waals surface area (Å²) in [6.45, 7) is 0.306. The van der Waals surface area contributed by atoms with Crippen molar-refractivity contribution in [3.8, 4) is 11.5 Å². The predicted molar refractivity (Wildman–Crippen MR) is 101 cm³/mol. The lowest BCUT2D eigenvalue weighted by Crippen LogP contribution is -2.08. The van der Waals surface area contributed by atoms with Crippen molar-refractivity contribution in [1.29, 1.82) is 0 Å². The van der Waals surface area contributed by atoms with E-state index in [1.807, 2.05) is 18.2 Å². The van der Waals surface area contributed by atoms with Crippen LogP contribution < -0.4 is 5.32 Å². The highest BCUT2D eigenvalue weighted by Gasteiger charge is 2.20. The van der Waals surface area contributed by atoms with Gasteiger partial charge in [0.15, 0.2) is 17.5 Å². The fourth-order valence-corrected chi connectivity index (χ4v) is 3.51. The fraction of sp³-hybridized carbons (Fsp3) is 0.200. The maximum Gasteiger partial charge on any atom is 0.186 e. The molecule has 0 amide bonds. The number of hydrogen-bond acceptors (Lipinski definition) is 5. The van der Waals surface area contributed by atoms with Gasteiger partial charge >= 0.3 is 0 Å². The van der Waals surface area contributed by atoms with Gasteiger partial charge in [0.2, 0.25) is 0 Å². The summed E-state index contributed by atoms with van der Waals surface area (Å²) in [5, 5.41) is 3.28. The molecule has 1 aliphatic carbocycles. The topological polar surface area (TPSA) is 79.4 Å². The van der Waals surface area contributed by atoms with Crippen molar-refractivity contribution >= 4 is 16.9 Å². The van der Waals surface area contributed by atoms with Crippen LogP contribution >= 0.6 is 0 Å². The van der Waals surface area contributed by atoms with Gasteiger partial charge in [0, 0.05) is 17.5 Å². The highest BCUT2D eigenvalue weighted by atomic mass is 19.2. The summed E-state index contributed by atoms with van der Waals surface area (Å²) in [5.74, 6) is -0.0477. The minimum atomic E-state index is -0.944. The van der Waals surface area contributed by atoms with Crippen molar-refractivity contribution < 1.29 is 8.78 Å². The molecular formula is C20H16F2N6. The lowest BCUT2D eigenvalue weighted by molar-refractivity contribution is 0.515. The number of halogens is 2. The summed E-state index contributed by atoms with van der Waals surface area (Å²) in [7, 11) is 0. The number of benzene rings is 1. The quantitative estimate of drug-likeness (QED) is 0.565. The lowest BCUT2D eigenvalue weighted by Gasteiger charge is -2.11. The third-order valence-corrected chi connectivity index (χ3v) is 4.85. The van der Waals surface area contributed by atoms with E-state index < -0.39 is 11.6 Å². The van der Waals surface area contributed by atoms with Crippen LogP contribution in [0.15, 0.2) is 36.5 Å². The van der Waals surface area contributed by atoms with Crippen molar-refractivity contribution in [1.82, 2.24) is 24.9 Å². The molecule has 0 aliphatic heterocycles. The maximum atomic E-state index is 13.9. The molecule has 1 aliphatic rings. The van der Waals surface area contributed by atoms with Gasteiger partial charge in [-0.3, -0.25) is 4.98 Å². The Balaban J connectivity index is 1.47. The number of aromatic nitrogens is 5. The fourth-order valence-electron chi connectivity index (χ4n) is 3.51. The molecule has 0 bridgehead atoms. The van der Waals surface area contributed by atoms with E-state index in [-0.39, 0.29) is 5.52 Å². The van der Waals surface area contributed by atoms with E-state index in [4.69, 9.17) is 0 Å². The average Bonchev–Trinajstić information content (AvgIpc) is 3.36. The molecule has 5 rings (SSSR count). The molecule has 140 valence electrons. The Morgan fingerprint density at radius 3 is 2.82 bits per heavy atom. The molecule has 2 N–H and O–H groups in total. The van der Waals surface area contributed by atoms with Crippen molar-refractivity contribution in [3.63, 3.8) is 0 Å². The van der Waals surface area contributed by atoms with Crippen LogP contribution in [-0.2, 0) is 19.4 Å². The zero-order valence-electron chi connectivity index (χ0n) is 14.8. The number of fused-ring (bicyclic) bond motifs is 2. The monoisotopic (exact) mass is 378 g/mol. The van der Waals surface area contributed by atoms with E-state index >= 15 is 0 Å². The molecule has 28 heavy (non-hydrogen) atoms. The Kier molecular flexibility index (Phi) is 3.96. The molecule has 0 atom stereocenters. The van der Waals surface area contributed by atoms with E-state index in [1.54, 1.807) is 6.20 Å². The average molecular weight is 378 g/mol. The first-order valence-electron chi connectivity index (χ1n) is 9.06. The van der Waals surface area contributed by atoms with Crippen molar-refractivity contribution in [2.24, 2.45) is 0 Å². The molecule has 6 nitrogen and oxygen atoms in total. The SMILES string of the molecule is Fc1ccc2[nH]c(CNc3nc(-c4ccccn4)nc4c3CCC4)nc2c1F.